The second-order valence-corrected chi connectivity index (χ2v) is 8.21. The smallest absolute Gasteiger partial charge is 0.338 e. The monoisotopic (exact) mass is 378 g/mol. The van der Waals surface area contributed by atoms with E-state index in [-0.39, 0.29) is 5.97 Å². The molecule has 2 aromatic rings. The first-order valence-electron chi connectivity index (χ1n) is 11.1. The van der Waals surface area contributed by atoms with Gasteiger partial charge in [-0.05, 0) is 60.4 Å². The lowest BCUT2D eigenvalue weighted by Crippen LogP contribution is -2.15. The second kappa shape index (κ2) is 10.5. The Morgan fingerprint density at radius 1 is 0.821 bits per heavy atom. The summed E-state index contributed by atoms with van der Waals surface area (Å²) in [5.74, 6) is 1.66. The molecule has 3 rings (SSSR count). The Morgan fingerprint density at radius 3 is 1.89 bits per heavy atom. The van der Waals surface area contributed by atoms with Crippen molar-refractivity contribution in [1.29, 1.82) is 0 Å². The van der Waals surface area contributed by atoms with Crippen LogP contribution in [0.25, 0.3) is 11.1 Å². The van der Waals surface area contributed by atoms with Crippen LogP contribution in [0.2, 0.25) is 0 Å². The maximum absolute atomic E-state index is 11.8. The van der Waals surface area contributed by atoms with E-state index in [1.807, 2.05) is 31.2 Å². The number of carbonyl (C=O) groups is 1. The summed E-state index contributed by atoms with van der Waals surface area (Å²) in [6.07, 6.45) is 11.0. The zero-order chi connectivity index (χ0) is 19.8. The number of ether oxygens (including phenoxy) is 1. The molecular formula is C26H34O2. The van der Waals surface area contributed by atoms with Gasteiger partial charge in [0, 0.05) is 0 Å². The van der Waals surface area contributed by atoms with Crippen molar-refractivity contribution in [3.05, 3.63) is 59.7 Å². The fraction of sp³-hybridized carbons (Fsp3) is 0.500. The zero-order valence-electron chi connectivity index (χ0n) is 17.5. The second-order valence-electron chi connectivity index (χ2n) is 8.21. The minimum atomic E-state index is -0.256. The van der Waals surface area contributed by atoms with E-state index in [9.17, 15) is 4.79 Å². The Kier molecular flexibility index (Phi) is 7.71. The Labute approximate surface area is 170 Å². The molecule has 150 valence electrons. The van der Waals surface area contributed by atoms with Crippen LogP contribution in [0.5, 0.6) is 0 Å². The van der Waals surface area contributed by atoms with E-state index in [0.29, 0.717) is 12.2 Å². The van der Waals surface area contributed by atoms with Crippen molar-refractivity contribution >= 4 is 5.97 Å². The molecule has 2 nitrogen and oxygen atoms in total. The van der Waals surface area contributed by atoms with E-state index >= 15 is 0 Å². The first-order valence-corrected chi connectivity index (χ1v) is 11.1. The van der Waals surface area contributed by atoms with E-state index in [0.717, 1.165) is 17.4 Å². The van der Waals surface area contributed by atoms with Crippen molar-refractivity contribution in [3.63, 3.8) is 0 Å². The first-order chi connectivity index (χ1) is 13.7. The Morgan fingerprint density at radius 2 is 1.36 bits per heavy atom. The molecule has 1 saturated carbocycles. The third-order valence-corrected chi connectivity index (χ3v) is 6.19. The summed E-state index contributed by atoms with van der Waals surface area (Å²) in [5.41, 5.74) is 4.37. The largest absolute Gasteiger partial charge is 0.462 e. The van der Waals surface area contributed by atoms with Crippen molar-refractivity contribution in [1.82, 2.24) is 0 Å². The van der Waals surface area contributed by atoms with Gasteiger partial charge in [0.05, 0.1) is 12.2 Å². The van der Waals surface area contributed by atoms with E-state index in [1.54, 1.807) is 0 Å². The number of benzene rings is 2. The number of aryl methyl sites for hydroxylation is 1. The number of hydrogen-bond donors (Lipinski definition) is 0. The minimum absolute atomic E-state index is 0.256. The Balaban J connectivity index is 1.50. The SMILES string of the molecule is CCCC1CCC(CCc2ccc(-c3ccc(C(=O)OCC)cc3)cc2)CC1. The summed E-state index contributed by atoms with van der Waals surface area (Å²) in [5, 5.41) is 0. The molecule has 0 aromatic heterocycles. The van der Waals surface area contributed by atoms with Crippen LogP contribution < -0.4 is 0 Å². The average molecular weight is 379 g/mol. The van der Waals surface area contributed by atoms with Crippen molar-refractivity contribution < 1.29 is 9.53 Å². The van der Waals surface area contributed by atoms with Crippen LogP contribution in [0.1, 0.15) is 74.7 Å². The van der Waals surface area contributed by atoms with Crippen LogP contribution in [0.15, 0.2) is 48.5 Å². The highest BCUT2D eigenvalue weighted by Crippen LogP contribution is 2.34. The summed E-state index contributed by atoms with van der Waals surface area (Å²) in [4.78, 5) is 11.8. The van der Waals surface area contributed by atoms with Gasteiger partial charge in [0.1, 0.15) is 0 Å². The zero-order valence-corrected chi connectivity index (χ0v) is 17.5. The van der Waals surface area contributed by atoms with Crippen molar-refractivity contribution in [2.24, 2.45) is 11.8 Å². The molecule has 0 N–H and O–H groups in total. The van der Waals surface area contributed by atoms with Gasteiger partial charge in [0.15, 0.2) is 0 Å². The summed E-state index contributed by atoms with van der Waals surface area (Å²) in [7, 11) is 0. The van der Waals surface area contributed by atoms with Gasteiger partial charge in [0.2, 0.25) is 0 Å². The quantitative estimate of drug-likeness (QED) is 0.459. The van der Waals surface area contributed by atoms with Crippen molar-refractivity contribution in [2.75, 3.05) is 6.61 Å². The third-order valence-electron chi connectivity index (χ3n) is 6.19. The highest BCUT2D eigenvalue weighted by molar-refractivity contribution is 5.90. The van der Waals surface area contributed by atoms with Crippen LogP contribution in [0, 0.1) is 11.8 Å². The lowest BCUT2D eigenvalue weighted by Gasteiger charge is -2.28. The maximum Gasteiger partial charge on any atom is 0.338 e. The van der Waals surface area contributed by atoms with Gasteiger partial charge >= 0.3 is 5.97 Å². The molecule has 0 bridgehead atoms. The molecule has 0 amide bonds. The van der Waals surface area contributed by atoms with Gasteiger partial charge in [-0.3, -0.25) is 0 Å². The molecule has 0 spiro atoms. The summed E-state index contributed by atoms with van der Waals surface area (Å²) < 4.78 is 5.05. The van der Waals surface area contributed by atoms with Gasteiger partial charge in [-0.15, -0.1) is 0 Å². The van der Waals surface area contributed by atoms with Gasteiger partial charge in [-0.2, -0.15) is 0 Å². The highest BCUT2D eigenvalue weighted by atomic mass is 16.5. The van der Waals surface area contributed by atoms with E-state index in [2.05, 4.69) is 31.2 Å². The normalized spacial score (nSPS) is 19.4. The molecule has 2 heteroatoms. The fourth-order valence-corrected chi connectivity index (χ4v) is 4.46. The Bertz CT molecular complexity index is 722. The topological polar surface area (TPSA) is 26.3 Å². The number of esters is 1. The van der Waals surface area contributed by atoms with Crippen molar-refractivity contribution in [2.45, 2.75) is 65.2 Å². The summed E-state index contributed by atoms with van der Waals surface area (Å²) >= 11 is 0. The predicted octanol–water partition coefficient (Wildman–Crippen LogP) is 7.07. The fourth-order valence-electron chi connectivity index (χ4n) is 4.46. The lowest BCUT2D eigenvalue weighted by atomic mass is 9.78. The molecule has 28 heavy (non-hydrogen) atoms. The first kappa shape index (κ1) is 20.6. The van der Waals surface area contributed by atoms with E-state index in [1.165, 1.54) is 62.5 Å². The molecule has 0 atom stereocenters. The van der Waals surface area contributed by atoms with Gasteiger partial charge in [-0.1, -0.05) is 81.8 Å². The molecule has 0 unspecified atom stereocenters. The van der Waals surface area contributed by atoms with E-state index in [4.69, 9.17) is 4.74 Å². The van der Waals surface area contributed by atoms with Gasteiger partial charge < -0.3 is 4.74 Å². The number of rotatable bonds is 8. The van der Waals surface area contributed by atoms with Crippen LogP contribution in [0.4, 0.5) is 0 Å². The summed E-state index contributed by atoms with van der Waals surface area (Å²) in [6.45, 7) is 4.54. The van der Waals surface area contributed by atoms with Gasteiger partial charge in [-0.25, -0.2) is 4.79 Å². The molecule has 2 aromatic carbocycles. The number of carbonyl (C=O) groups excluding carboxylic acids is 1. The molecular weight excluding hydrogens is 344 g/mol. The standard InChI is InChI=1S/C26H34O2/c1-3-5-20-6-8-21(9-7-20)10-11-22-12-14-23(15-13-22)24-16-18-25(19-17-24)26(27)28-4-2/h12-21H,3-11H2,1-2H3. The molecule has 0 heterocycles. The van der Waals surface area contributed by atoms with Gasteiger partial charge in [0.25, 0.3) is 0 Å². The Hall–Kier alpha value is -2.09. The van der Waals surface area contributed by atoms with Crippen molar-refractivity contribution in [3.8, 4) is 11.1 Å². The average Bonchev–Trinajstić information content (AvgIpc) is 2.74. The van der Waals surface area contributed by atoms with Crippen LogP contribution in [-0.4, -0.2) is 12.6 Å². The molecule has 0 radical (unpaired) electrons. The maximum atomic E-state index is 11.8. The molecule has 1 fully saturated rings. The summed E-state index contributed by atoms with van der Waals surface area (Å²) in [6, 6.07) is 16.6. The lowest BCUT2D eigenvalue weighted by molar-refractivity contribution is 0.0526. The molecule has 0 aliphatic heterocycles. The third kappa shape index (κ3) is 5.70. The van der Waals surface area contributed by atoms with E-state index < -0.39 is 0 Å². The predicted molar refractivity (Wildman–Crippen MR) is 117 cm³/mol. The van der Waals surface area contributed by atoms with Crippen LogP contribution in [-0.2, 0) is 11.2 Å². The minimum Gasteiger partial charge on any atom is -0.462 e. The van der Waals surface area contributed by atoms with Crippen LogP contribution in [0.3, 0.4) is 0 Å². The number of hydrogen-bond acceptors (Lipinski definition) is 2. The molecule has 1 aliphatic carbocycles. The van der Waals surface area contributed by atoms with Crippen LogP contribution >= 0.6 is 0 Å². The molecule has 0 saturated heterocycles. The highest BCUT2D eigenvalue weighted by Gasteiger charge is 2.20. The molecule has 1 aliphatic rings.